The number of benzene rings is 3. The molecule has 3 aromatic carbocycles. The maximum absolute atomic E-state index is 13.1. The molecule has 5 heteroatoms. The molecule has 0 amide bonds. The van der Waals surface area contributed by atoms with Gasteiger partial charge in [-0.2, -0.15) is 0 Å². The van der Waals surface area contributed by atoms with Gasteiger partial charge in [-0.25, -0.2) is 4.98 Å². The third-order valence-electron chi connectivity index (χ3n) is 5.35. The van der Waals surface area contributed by atoms with Crippen LogP contribution in [0.5, 0.6) is 5.88 Å². The van der Waals surface area contributed by atoms with E-state index in [9.17, 15) is 4.79 Å². The van der Waals surface area contributed by atoms with Crippen LogP contribution >= 0.6 is 22.9 Å². The fraction of sp³-hybridized carbons (Fsp3) is 0.120. The van der Waals surface area contributed by atoms with Gasteiger partial charge in [0.2, 0.25) is 5.88 Å². The van der Waals surface area contributed by atoms with E-state index in [-0.39, 0.29) is 17.8 Å². The molecular weight excluding hydrogens is 414 g/mol. The zero-order valence-electron chi connectivity index (χ0n) is 16.0. The molecule has 2 atom stereocenters. The Balaban J connectivity index is 1.61. The maximum Gasteiger partial charge on any atom is 0.317 e. The number of esters is 1. The lowest BCUT2D eigenvalue weighted by molar-refractivity contribution is -0.140. The Kier molecular flexibility index (Phi) is 5.11. The molecule has 1 aromatic heterocycles. The first kappa shape index (κ1) is 19.0. The van der Waals surface area contributed by atoms with E-state index in [1.54, 1.807) is 11.3 Å². The van der Waals surface area contributed by atoms with Crippen molar-refractivity contribution in [2.45, 2.75) is 12.3 Å². The van der Waals surface area contributed by atoms with Crippen LogP contribution in [-0.2, 0) is 11.2 Å². The van der Waals surface area contributed by atoms with Crippen LogP contribution in [0.15, 0.2) is 84.9 Å². The van der Waals surface area contributed by atoms with Crippen molar-refractivity contribution in [3.63, 3.8) is 0 Å². The molecule has 1 aliphatic heterocycles. The molecule has 148 valence electrons. The summed E-state index contributed by atoms with van der Waals surface area (Å²) < 4.78 is 5.73. The molecule has 0 bridgehead atoms. The van der Waals surface area contributed by atoms with Crippen LogP contribution in [0, 0.1) is 5.92 Å². The summed E-state index contributed by atoms with van der Waals surface area (Å²) in [5.74, 6) is -0.275. The summed E-state index contributed by atoms with van der Waals surface area (Å²) in [5.41, 5.74) is 3.17. The number of halogens is 1. The maximum atomic E-state index is 13.1. The van der Waals surface area contributed by atoms with Crippen LogP contribution in [0.1, 0.15) is 21.9 Å². The van der Waals surface area contributed by atoms with Gasteiger partial charge in [0.1, 0.15) is 5.01 Å². The molecule has 3 nitrogen and oxygen atoms in total. The highest BCUT2D eigenvalue weighted by atomic mass is 35.5. The molecule has 5 rings (SSSR count). The van der Waals surface area contributed by atoms with Gasteiger partial charge in [0.15, 0.2) is 0 Å². The van der Waals surface area contributed by atoms with E-state index < -0.39 is 0 Å². The molecule has 0 unspecified atom stereocenters. The number of thiazole rings is 1. The summed E-state index contributed by atoms with van der Waals surface area (Å²) in [5, 5.41) is 1.53. The van der Waals surface area contributed by atoms with E-state index in [1.807, 2.05) is 84.9 Å². The Morgan fingerprint density at radius 2 is 1.57 bits per heavy atom. The van der Waals surface area contributed by atoms with Crippen LogP contribution in [-0.4, -0.2) is 11.0 Å². The van der Waals surface area contributed by atoms with E-state index in [2.05, 4.69) is 4.98 Å². The van der Waals surface area contributed by atoms with Gasteiger partial charge in [0, 0.05) is 16.5 Å². The van der Waals surface area contributed by atoms with Crippen LogP contribution in [0.2, 0.25) is 5.02 Å². The van der Waals surface area contributed by atoms with Crippen molar-refractivity contribution in [2.75, 3.05) is 0 Å². The highest BCUT2D eigenvalue weighted by Crippen LogP contribution is 2.48. The second kappa shape index (κ2) is 8.05. The number of nitrogens with zero attached hydrogens (tertiary/aromatic N) is 1. The number of hydrogen-bond donors (Lipinski definition) is 0. The van der Waals surface area contributed by atoms with Crippen LogP contribution < -0.4 is 4.74 Å². The molecule has 0 aliphatic carbocycles. The molecule has 0 fully saturated rings. The number of aromatic nitrogens is 1. The molecule has 0 saturated carbocycles. The van der Waals surface area contributed by atoms with Crippen LogP contribution in [0.25, 0.3) is 10.6 Å². The van der Waals surface area contributed by atoms with Gasteiger partial charge in [-0.05, 0) is 29.7 Å². The van der Waals surface area contributed by atoms with Gasteiger partial charge in [-0.1, -0.05) is 84.4 Å². The summed E-state index contributed by atoms with van der Waals surface area (Å²) in [4.78, 5) is 18.7. The summed E-state index contributed by atoms with van der Waals surface area (Å²) in [6.45, 7) is 0. The first-order valence-electron chi connectivity index (χ1n) is 9.76. The van der Waals surface area contributed by atoms with Crippen molar-refractivity contribution >= 4 is 28.9 Å². The van der Waals surface area contributed by atoms with Gasteiger partial charge in [0.25, 0.3) is 0 Å². The fourth-order valence-corrected chi connectivity index (χ4v) is 5.22. The molecule has 0 spiro atoms. The lowest BCUT2D eigenvalue weighted by Crippen LogP contribution is -2.33. The molecule has 0 saturated heterocycles. The monoisotopic (exact) mass is 431 g/mol. The molecule has 4 aromatic rings. The van der Waals surface area contributed by atoms with E-state index in [0.29, 0.717) is 17.3 Å². The van der Waals surface area contributed by atoms with Gasteiger partial charge in [-0.3, -0.25) is 4.79 Å². The van der Waals surface area contributed by atoms with E-state index in [4.69, 9.17) is 16.3 Å². The second-order valence-electron chi connectivity index (χ2n) is 7.30. The minimum atomic E-state index is -0.329. The lowest BCUT2D eigenvalue weighted by atomic mass is 9.80. The smallest absolute Gasteiger partial charge is 0.317 e. The highest BCUT2D eigenvalue weighted by molar-refractivity contribution is 7.15. The molecule has 2 heterocycles. The summed E-state index contributed by atoms with van der Waals surface area (Å²) in [7, 11) is 0. The van der Waals surface area contributed by atoms with Gasteiger partial charge in [-0.15, -0.1) is 11.3 Å². The third-order valence-corrected chi connectivity index (χ3v) is 6.77. The summed E-state index contributed by atoms with van der Waals surface area (Å²) >= 11 is 7.72. The largest absolute Gasteiger partial charge is 0.406 e. The SMILES string of the molecule is O=C1Oc2nc(-c3ccccc3)sc2[C@H](c2ccc(Cl)cc2)[C@@H]1Cc1ccccc1. The van der Waals surface area contributed by atoms with E-state index in [1.165, 1.54) is 0 Å². The number of fused-ring (bicyclic) bond motifs is 1. The van der Waals surface area contributed by atoms with Gasteiger partial charge in [0.05, 0.1) is 10.8 Å². The van der Waals surface area contributed by atoms with Crippen molar-refractivity contribution < 1.29 is 9.53 Å². The Morgan fingerprint density at radius 1 is 0.900 bits per heavy atom. The number of rotatable bonds is 4. The van der Waals surface area contributed by atoms with Crippen LogP contribution in [0.4, 0.5) is 0 Å². The predicted molar refractivity (Wildman–Crippen MR) is 120 cm³/mol. The average molecular weight is 432 g/mol. The normalized spacial score (nSPS) is 18.0. The molecule has 0 N–H and O–H groups in total. The Labute approximate surface area is 183 Å². The number of carbonyl (C=O) groups excluding carboxylic acids is 1. The Morgan fingerprint density at radius 3 is 2.27 bits per heavy atom. The number of hydrogen-bond acceptors (Lipinski definition) is 4. The van der Waals surface area contributed by atoms with E-state index >= 15 is 0 Å². The third kappa shape index (κ3) is 3.64. The minimum absolute atomic E-state index is 0.131. The van der Waals surface area contributed by atoms with Gasteiger partial charge < -0.3 is 4.74 Å². The predicted octanol–water partition coefficient (Wildman–Crippen LogP) is 6.37. The van der Waals surface area contributed by atoms with Crippen molar-refractivity contribution in [1.82, 2.24) is 4.98 Å². The van der Waals surface area contributed by atoms with Crippen molar-refractivity contribution in [2.24, 2.45) is 5.92 Å². The summed E-state index contributed by atoms with van der Waals surface area (Å²) in [6.07, 6.45) is 0.602. The van der Waals surface area contributed by atoms with Crippen molar-refractivity contribution in [3.05, 3.63) is 106 Å². The zero-order chi connectivity index (χ0) is 20.5. The molecule has 0 radical (unpaired) electrons. The highest BCUT2D eigenvalue weighted by Gasteiger charge is 2.41. The quantitative estimate of drug-likeness (QED) is 0.352. The van der Waals surface area contributed by atoms with Crippen LogP contribution in [0.3, 0.4) is 0 Å². The lowest BCUT2D eigenvalue weighted by Gasteiger charge is -2.29. The number of ether oxygens (including phenoxy) is 1. The fourth-order valence-electron chi connectivity index (χ4n) is 3.90. The average Bonchev–Trinajstić information content (AvgIpc) is 3.20. The Hall–Kier alpha value is -2.95. The number of carbonyl (C=O) groups is 1. The minimum Gasteiger partial charge on any atom is -0.406 e. The topological polar surface area (TPSA) is 39.2 Å². The van der Waals surface area contributed by atoms with Crippen molar-refractivity contribution in [3.8, 4) is 16.5 Å². The Bertz CT molecular complexity index is 1170. The first-order valence-corrected chi connectivity index (χ1v) is 11.0. The first-order chi connectivity index (χ1) is 14.7. The molecular formula is C25H18ClNO2S. The van der Waals surface area contributed by atoms with Gasteiger partial charge >= 0.3 is 5.97 Å². The standard InChI is InChI=1S/C25H18ClNO2S/c26-19-13-11-17(12-14-19)21-20(15-16-7-3-1-4-8-16)25(28)29-23-22(21)30-24(27-23)18-9-5-2-6-10-18/h1-14,20-21H,15H2/t20-,21+/m0/s1. The van der Waals surface area contributed by atoms with E-state index in [0.717, 1.165) is 26.6 Å². The van der Waals surface area contributed by atoms with Crippen molar-refractivity contribution in [1.29, 1.82) is 0 Å². The molecule has 1 aliphatic rings. The molecule has 30 heavy (non-hydrogen) atoms. The zero-order valence-corrected chi connectivity index (χ0v) is 17.6. The second-order valence-corrected chi connectivity index (χ2v) is 8.77. The summed E-state index contributed by atoms with van der Waals surface area (Å²) in [6, 6.07) is 27.8.